The van der Waals surface area contributed by atoms with Crippen molar-refractivity contribution in [3.8, 4) is 0 Å². The normalized spacial score (nSPS) is 10.9. The summed E-state index contributed by atoms with van der Waals surface area (Å²) >= 11 is 0. The molecule has 1 aromatic rings. The minimum absolute atomic E-state index is 0.00962. The van der Waals surface area contributed by atoms with Gasteiger partial charge in [0.15, 0.2) is 0 Å². The van der Waals surface area contributed by atoms with Crippen LogP contribution in [-0.4, -0.2) is 75.2 Å². The van der Waals surface area contributed by atoms with Gasteiger partial charge in [-0.3, -0.25) is 14.4 Å². The maximum absolute atomic E-state index is 12.0. The van der Waals surface area contributed by atoms with Crippen LogP contribution >= 0.6 is 0 Å². The van der Waals surface area contributed by atoms with E-state index >= 15 is 0 Å². The Morgan fingerprint density at radius 3 is 1.82 bits per heavy atom. The van der Waals surface area contributed by atoms with Gasteiger partial charge in [-0.25, -0.2) is 14.4 Å². The molecule has 0 aliphatic heterocycles. The lowest BCUT2D eigenvalue weighted by atomic mass is 10.1. The van der Waals surface area contributed by atoms with Gasteiger partial charge >= 0.3 is 35.8 Å². The van der Waals surface area contributed by atoms with Crippen molar-refractivity contribution in [2.75, 3.05) is 13.2 Å². The molecule has 0 saturated heterocycles. The molecule has 0 atom stereocenters. The molecule has 0 heterocycles. The average Bonchev–Trinajstić information content (AvgIpc) is 2.87. The summed E-state index contributed by atoms with van der Waals surface area (Å²) in [6, 6.07) is 5.78. The molecule has 4 N–H and O–H groups in total. The van der Waals surface area contributed by atoms with Crippen molar-refractivity contribution in [2.24, 2.45) is 0 Å². The Labute approximate surface area is 224 Å². The lowest BCUT2D eigenvalue weighted by Gasteiger charge is -2.18. The summed E-state index contributed by atoms with van der Waals surface area (Å²) in [5, 5.41) is 36.8. The van der Waals surface area contributed by atoms with Gasteiger partial charge in [-0.1, -0.05) is 12.1 Å². The number of carbonyl (C=O) groups is 6. The van der Waals surface area contributed by atoms with Crippen LogP contribution in [0.1, 0.15) is 91.3 Å². The second-order valence-corrected chi connectivity index (χ2v) is 8.65. The van der Waals surface area contributed by atoms with Crippen LogP contribution in [0.4, 0.5) is 0 Å². The van der Waals surface area contributed by atoms with E-state index in [0.29, 0.717) is 25.7 Å². The highest BCUT2D eigenvalue weighted by Crippen LogP contribution is 2.15. The molecular formula is C26H34O13. The first kappa shape index (κ1) is 33.2. The SMILES string of the molecule is O=C(O)CCCC(O)(O)C(=O)OC(=O)CCCCC(=O)OCCCCCCOC(=O)c1ccccc1C(=O)O. The summed E-state index contributed by atoms with van der Waals surface area (Å²) < 4.78 is 14.6. The van der Waals surface area contributed by atoms with E-state index in [2.05, 4.69) is 4.74 Å². The number of carboxylic acids is 2. The van der Waals surface area contributed by atoms with Crippen molar-refractivity contribution >= 4 is 35.8 Å². The lowest BCUT2D eigenvalue weighted by Crippen LogP contribution is -2.41. The zero-order valence-electron chi connectivity index (χ0n) is 21.5. The van der Waals surface area contributed by atoms with E-state index in [1.807, 2.05) is 0 Å². The van der Waals surface area contributed by atoms with Crippen LogP contribution in [0.15, 0.2) is 24.3 Å². The van der Waals surface area contributed by atoms with Gasteiger partial charge in [0, 0.05) is 25.7 Å². The predicted octanol–water partition coefficient (Wildman–Crippen LogP) is 2.21. The van der Waals surface area contributed by atoms with E-state index in [9.17, 15) is 39.0 Å². The Kier molecular flexibility index (Phi) is 15.0. The number of benzene rings is 1. The van der Waals surface area contributed by atoms with Gasteiger partial charge in [0.05, 0.1) is 24.3 Å². The molecule has 0 saturated carbocycles. The summed E-state index contributed by atoms with van der Waals surface area (Å²) in [5.41, 5.74) is -0.134. The number of ether oxygens (including phenoxy) is 3. The maximum atomic E-state index is 12.0. The average molecular weight is 555 g/mol. The first-order valence-electron chi connectivity index (χ1n) is 12.5. The summed E-state index contributed by atoms with van der Waals surface area (Å²) in [4.78, 5) is 68.7. The smallest absolute Gasteiger partial charge is 0.374 e. The van der Waals surface area contributed by atoms with Crippen LogP contribution < -0.4 is 0 Å². The number of aliphatic hydroxyl groups is 2. The molecule has 13 nitrogen and oxygen atoms in total. The highest BCUT2D eigenvalue weighted by Gasteiger charge is 2.36. The lowest BCUT2D eigenvalue weighted by molar-refractivity contribution is -0.212. The number of hydrogen-bond acceptors (Lipinski definition) is 11. The molecule has 13 heteroatoms. The fourth-order valence-electron chi connectivity index (χ4n) is 3.27. The van der Waals surface area contributed by atoms with E-state index in [4.69, 9.17) is 19.7 Å². The number of aromatic carboxylic acids is 1. The zero-order valence-corrected chi connectivity index (χ0v) is 21.5. The molecule has 0 aliphatic carbocycles. The molecule has 39 heavy (non-hydrogen) atoms. The Morgan fingerprint density at radius 2 is 1.23 bits per heavy atom. The molecule has 0 radical (unpaired) electrons. The van der Waals surface area contributed by atoms with Gasteiger partial charge in [0.25, 0.3) is 5.79 Å². The van der Waals surface area contributed by atoms with Crippen LogP contribution in [-0.2, 0) is 33.4 Å². The second kappa shape index (κ2) is 17.6. The number of carbonyl (C=O) groups excluding carboxylic acids is 4. The van der Waals surface area contributed by atoms with Crippen LogP contribution in [0, 0.1) is 0 Å². The quantitative estimate of drug-likeness (QED) is 0.0636. The van der Waals surface area contributed by atoms with Crippen molar-refractivity contribution in [3.05, 3.63) is 35.4 Å². The van der Waals surface area contributed by atoms with Crippen LogP contribution in [0.5, 0.6) is 0 Å². The first-order chi connectivity index (χ1) is 18.4. The third-order valence-corrected chi connectivity index (χ3v) is 5.37. The van der Waals surface area contributed by atoms with Crippen LogP contribution in [0.3, 0.4) is 0 Å². The molecular weight excluding hydrogens is 520 g/mol. The monoisotopic (exact) mass is 554 g/mol. The molecule has 216 valence electrons. The number of esters is 4. The third kappa shape index (κ3) is 14.0. The number of rotatable bonds is 19. The second-order valence-electron chi connectivity index (χ2n) is 8.65. The highest BCUT2D eigenvalue weighted by atomic mass is 16.6. The van der Waals surface area contributed by atoms with Crippen molar-refractivity contribution in [3.63, 3.8) is 0 Å². The molecule has 0 fully saturated rings. The zero-order chi connectivity index (χ0) is 29.3. The Balaban J connectivity index is 2.08. The third-order valence-electron chi connectivity index (χ3n) is 5.37. The summed E-state index contributed by atoms with van der Waals surface area (Å²) in [7, 11) is 0. The minimum atomic E-state index is -2.96. The number of hydrogen-bond donors (Lipinski definition) is 4. The molecule has 1 aromatic carbocycles. The van der Waals surface area contributed by atoms with E-state index in [1.54, 1.807) is 6.07 Å². The molecule has 0 aliphatic rings. The molecule has 1 rings (SSSR count). The van der Waals surface area contributed by atoms with Gasteiger partial charge < -0.3 is 34.6 Å². The first-order valence-corrected chi connectivity index (χ1v) is 12.5. The van der Waals surface area contributed by atoms with Crippen molar-refractivity contribution in [1.82, 2.24) is 0 Å². The largest absolute Gasteiger partial charge is 0.481 e. The minimum Gasteiger partial charge on any atom is -0.481 e. The van der Waals surface area contributed by atoms with Crippen molar-refractivity contribution < 1.29 is 63.4 Å². The molecule has 0 aromatic heterocycles. The molecule has 0 amide bonds. The number of aliphatic carboxylic acids is 1. The van der Waals surface area contributed by atoms with Gasteiger partial charge in [-0.2, -0.15) is 0 Å². The summed E-state index contributed by atoms with van der Waals surface area (Å²) in [5.74, 6) is -9.11. The van der Waals surface area contributed by atoms with Crippen molar-refractivity contribution in [2.45, 2.75) is 76.4 Å². The molecule has 0 unspecified atom stereocenters. The standard InChI is InChI=1S/C26H34O13/c27-20(28)12-9-15-26(35,36)25(34)39-22(30)14-6-5-13-21(29)37-16-7-1-2-8-17-38-24(33)19-11-4-3-10-18(19)23(31)32/h3-4,10-11,35-36H,1-2,5-9,12-17H2,(H,27,28)(H,31,32). The molecule has 0 spiro atoms. The Hall–Kier alpha value is -3.84. The number of unbranched alkanes of at least 4 members (excludes halogenated alkanes) is 4. The summed E-state index contributed by atoms with van der Waals surface area (Å²) in [6.45, 7) is 0.320. The van der Waals surface area contributed by atoms with Gasteiger partial charge in [-0.15, -0.1) is 0 Å². The van der Waals surface area contributed by atoms with Crippen LogP contribution in [0.2, 0.25) is 0 Å². The van der Waals surface area contributed by atoms with E-state index in [1.165, 1.54) is 18.2 Å². The van der Waals surface area contributed by atoms with E-state index < -0.39 is 48.0 Å². The van der Waals surface area contributed by atoms with Crippen LogP contribution in [0.25, 0.3) is 0 Å². The Bertz CT molecular complexity index is 999. The molecule has 0 bridgehead atoms. The number of carboxylic acid groups (broad SMARTS) is 2. The fraction of sp³-hybridized carbons (Fsp3) is 0.538. The fourth-order valence-corrected chi connectivity index (χ4v) is 3.27. The Morgan fingerprint density at radius 1 is 0.667 bits per heavy atom. The van der Waals surface area contributed by atoms with E-state index in [-0.39, 0.29) is 62.9 Å². The highest BCUT2D eigenvalue weighted by molar-refractivity contribution is 6.02. The van der Waals surface area contributed by atoms with Gasteiger partial charge in [0.2, 0.25) is 0 Å². The maximum Gasteiger partial charge on any atom is 0.374 e. The summed E-state index contributed by atoms with van der Waals surface area (Å²) in [6.07, 6.45) is 1.65. The topological polar surface area (TPSA) is 211 Å². The van der Waals surface area contributed by atoms with Gasteiger partial charge in [-0.05, 0) is 57.1 Å². The van der Waals surface area contributed by atoms with E-state index in [0.717, 1.165) is 0 Å². The van der Waals surface area contributed by atoms with Crippen molar-refractivity contribution in [1.29, 1.82) is 0 Å². The van der Waals surface area contributed by atoms with Gasteiger partial charge in [0.1, 0.15) is 0 Å². The predicted molar refractivity (Wildman–Crippen MR) is 131 cm³/mol.